The van der Waals surface area contributed by atoms with Crippen LogP contribution >= 0.6 is 0 Å². The van der Waals surface area contributed by atoms with E-state index in [0.29, 0.717) is 11.8 Å². The molecular weight excluding hydrogens is 214 g/mol. The first-order valence-electron chi connectivity index (χ1n) is 6.42. The minimum atomic E-state index is -0.0344. The first-order chi connectivity index (χ1) is 8.10. The summed E-state index contributed by atoms with van der Waals surface area (Å²) in [6.07, 6.45) is 3.45. The fraction of sp³-hybridized carbons (Fsp3) is 0.692. The number of nitrogens with zero attached hydrogens (tertiary/aromatic N) is 2. The smallest absolute Gasteiger partial charge is 0.252 e. The lowest BCUT2D eigenvalue weighted by Gasteiger charge is -2.21. The molecule has 1 aromatic rings. The van der Waals surface area contributed by atoms with Crippen LogP contribution in [0.15, 0.2) is 10.9 Å². The third-order valence-electron chi connectivity index (χ3n) is 3.38. The molecule has 0 spiro atoms. The van der Waals surface area contributed by atoms with Crippen molar-refractivity contribution in [2.24, 2.45) is 5.92 Å². The zero-order valence-corrected chi connectivity index (χ0v) is 10.9. The molecule has 0 radical (unpaired) electrons. The van der Waals surface area contributed by atoms with Crippen LogP contribution in [0.5, 0.6) is 0 Å². The highest BCUT2D eigenvalue weighted by Gasteiger charge is 2.26. The van der Waals surface area contributed by atoms with Crippen molar-refractivity contribution in [3.05, 3.63) is 22.2 Å². The second kappa shape index (κ2) is 4.90. The average molecular weight is 235 g/mol. The van der Waals surface area contributed by atoms with Crippen LogP contribution in [0.4, 0.5) is 5.82 Å². The van der Waals surface area contributed by atoms with E-state index in [0.717, 1.165) is 37.4 Å². The van der Waals surface area contributed by atoms with Crippen LogP contribution in [-0.2, 0) is 0 Å². The van der Waals surface area contributed by atoms with E-state index < -0.39 is 0 Å². The Morgan fingerprint density at radius 3 is 2.88 bits per heavy atom. The van der Waals surface area contributed by atoms with E-state index in [1.54, 1.807) is 6.07 Å². The van der Waals surface area contributed by atoms with Crippen molar-refractivity contribution in [3.8, 4) is 0 Å². The molecule has 0 amide bonds. The SMILES string of the molecule is CCC(C)CN(C)c1cc(=O)[nH]c(C2CC2)n1. The minimum absolute atomic E-state index is 0.0344. The zero-order valence-electron chi connectivity index (χ0n) is 10.9. The Kier molecular flexibility index (Phi) is 3.50. The molecule has 0 saturated heterocycles. The van der Waals surface area contributed by atoms with Gasteiger partial charge in [0.15, 0.2) is 0 Å². The lowest BCUT2D eigenvalue weighted by molar-refractivity contribution is 0.557. The lowest BCUT2D eigenvalue weighted by atomic mass is 10.1. The van der Waals surface area contributed by atoms with Gasteiger partial charge in [0.05, 0.1) is 0 Å². The van der Waals surface area contributed by atoms with Crippen molar-refractivity contribution in [2.75, 3.05) is 18.5 Å². The van der Waals surface area contributed by atoms with Gasteiger partial charge in [-0.3, -0.25) is 4.79 Å². The number of H-pyrrole nitrogens is 1. The van der Waals surface area contributed by atoms with Gasteiger partial charge in [-0.15, -0.1) is 0 Å². The van der Waals surface area contributed by atoms with Crippen molar-refractivity contribution in [3.63, 3.8) is 0 Å². The third kappa shape index (κ3) is 3.08. The van der Waals surface area contributed by atoms with E-state index in [4.69, 9.17) is 0 Å². The molecule has 1 aliphatic carbocycles. The molecule has 4 heteroatoms. The summed E-state index contributed by atoms with van der Waals surface area (Å²) in [5.41, 5.74) is -0.0344. The minimum Gasteiger partial charge on any atom is -0.359 e. The Morgan fingerprint density at radius 2 is 2.29 bits per heavy atom. The highest BCUT2D eigenvalue weighted by Crippen LogP contribution is 2.37. The summed E-state index contributed by atoms with van der Waals surface area (Å²) in [5.74, 6) is 2.77. The topological polar surface area (TPSA) is 49.0 Å². The molecule has 4 nitrogen and oxygen atoms in total. The summed E-state index contributed by atoms with van der Waals surface area (Å²) in [6, 6.07) is 1.59. The maximum atomic E-state index is 11.6. The summed E-state index contributed by atoms with van der Waals surface area (Å²) in [7, 11) is 2.00. The molecule has 1 heterocycles. The van der Waals surface area contributed by atoms with E-state index in [-0.39, 0.29) is 5.56 Å². The van der Waals surface area contributed by atoms with Crippen LogP contribution < -0.4 is 10.5 Å². The van der Waals surface area contributed by atoms with Crippen molar-refractivity contribution in [2.45, 2.75) is 39.0 Å². The van der Waals surface area contributed by atoms with E-state index in [2.05, 4.69) is 28.7 Å². The summed E-state index contributed by atoms with van der Waals surface area (Å²) in [4.78, 5) is 21.1. The Bertz CT molecular complexity index is 437. The lowest BCUT2D eigenvalue weighted by Crippen LogP contribution is -2.26. The van der Waals surface area contributed by atoms with Crippen LogP contribution in [0.2, 0.25) is 0 Å². The molecule has 0 bridgehead atoms. The van der Waals surface area contributed by atoms with Gasteiger partial charge in [-0.25, -0.2) is 4.98 Å². The molecule has 2 rings (SSSR count). The number of aromatic amines is 1. The van der Waals surface area contributed by atoms with Crippen molar-refractivity contribution >= 4 is 5.82 Å². The third-order valence-corrected chi connectivity index (χ3v) is 3.38. The van der Waals surface area contributed by atoms with Gasteiger partial charge in [-0.1, -0.05) is 20.3 Å². The average Bonchev–Trinajstić information content (AvgIpc) is 3.11. The van der Waals surface area contributed by atoms with E-state index >= 15 is 0 Å². The molecule has 1 aliphatic rings. The second-order valence-electron chi connectivity index (χ2n) is 5.16. The van der Waals surface area contributed by atoms with Gasteiger partial charge in [0.2, 0.25) is 0 Å². The summed E-state index contributed by atoms with van der Waals surface area (Å²) in [6.45, 7) is 5.34. The number of aromatic nitrogens is 2. The number of hydrogen-bond acceptors (Lipinski definition) is 3. The van der Waals surface area contributed by atoms with Crippen molar-refractivity contribution < 1.29 is 0 Å². The van der Waals surface area contributed by atoms with Gasteiger partial charge in [0.1, 0.15) is 11.6 Å². The number of nitrogens with one attached hydrogen (secondary N) is 1. The molecule has 94 valence electrons. The van der Waals surface area contributed by atoms with Crippen LogP contribution in [0.1, 0.15) is 44.9 Å². The second-order valence-corrected chi connectivity index (χ2v) is 5.16. The maximum absolute atomic E-state index is 11.6. The fourth-order valence-corrected chi connectivity index (χ4v) is 1.90. The zero-order chi connectivity index (χ0) is 12.4. The van der Waals surface area contributed by atoms with Crippen LogP contribution in [0.3, 0.4) is 0 Å². The summed E-state index contributed by atoms with van der Waals surface area (Å²) in [5, 5.41) is 0. The van der Waals surface area contributed by atoms with Gasteiger partial charge < -0.3 is 9.88 Å². The molecule has 0 aliphatic heterocycles. The van der Waals surface area contributed by atoms with Gasteiger partial charge in [-0.05, 0) is 18.8 Å². The maximum Gasteiger partial charge on any atom is 0.252 e. The quantitative estimate of drug-likeness (QED) is 0.850. The predicted octanol–water partition coefficient (Wildman–Crippen LogP) is 2.13. The molecule has 0 aromatic carbocycles. The Balaban J connectivity index is 2.16. The Morgan fingerprint density at radius 1 is 1.59 bits per heavy atom. The molecule has 1 atom stereocenters. The Labute approximate surface area is 102 Å². The van der Waals surface area contributed by atoms with Crippen LogP contribution in [0, 0.1) is 5.92 Å². The molecule has 1 aromatic heterocycles. The van der Waals surface area contributed by atoms with Gasteiger partial charge in [-0.2, -0.15) is 0 Å². The highest BCUT2D eigenvalue weighted by atomic mass is 16.1. The first-order valence-corrected chi connectivity index (χ1v) is 6.42. The standard InChI is InChI=1S/C13H21N3O/c1-4-9(2)8-16(3)11-7-12(17)15-13(14-11)10-5-6-10/h7,9-10H,4-6,8H2,1-3H3,(H,14,15,17). The molecule has 1 saturated carbocycles. The van der Waals surface area contributed by atoms with Gasteiger partial charge in [0.25, 0.3) is 5.56 Å². The van der Waals surface area contributed by atoms with Gasteiger partial charge in [0, 0.05) is 25.6 Å². The van der Waals surface area contributed by atoms with Gasteiger partial charge >= 0.3 is 0 Å². The monoisotopic (exact) mass is 235 g/mol. The number of hydrogen-bond donors (Lipinski definition) is 1. The molecule has 1 fully saturated rings. The van der Waals surface area contributed by atoms with Crippen LogP contribution in [0.25, 0.3) is 0 Å². The molecule has 1 unspecified atom stereocenters. The van der Waals surface area contributed by atoms with E-state index in [1.165, 1.54) is 0 Å². The van der Waals surface area contributed by atoms with Crippen molar-refractivity contribution in [1.82, 2.24) is 9.97 Å². The molecule has 1 N–H and O–H groups in total. The summed E-state index contributed by atoms with van der Waals surface area (Å²) < 4.78 is 0. The fourth-order valence-electron chi connectivity index (χ4n) is 1.90. The predicted molar refractivity (Wildman–Crippen MR) is 69.6 cm³/mol. The van der Waals surface area contributed by atoms with E-state index in [1.807, 2.05) is 7.05 Å². The summed E-state index contributed by atoms with van der Waals surface area (Å²) >= 11 is 0. The molecular formula is C13H21N3O. The first kappa shape index (κ1) is 12.1. The van der Waals surface area contributed by atoms with E-state index in [9.17, 15) is 4.79 Å². The largest absolute Gasteiger partial charge is 0.359 e. The Hall–Kier alpha value is -1.32. The van der Waals surface area contributed by atoms with Crippen LogP contribution in [-0.4, -0.2) is 23.6 Å². The molecule has 17 heavy (non-hydrogen) atoms. The normalized spacial score (nSPS) is 16.9. The number of rotatable bonds is 5. The highest BCUT2D eigenvalue weighted by molar-refractivity contribution is 5.37. The van der Waals surface area contributed by atoms with Crippen molar-refractivity contribution in [1.29, 1.82) is 0 Å². The number of anilines is 1.